The number of rotatable bonds is 1. The van der Waals surface area contributed by atoms with Crippen LogP contribution in [0.25, 0.3) is 0 Å². The quantitative estimate of drug-likeness (QED) is 0.488. The Labute approximate surface area is 59.7 Å². The summed E-state index contributed by atoms with van der Waals surface area (Å²) in [5.41, 5.74) is 5.03. The monoisotopic (exact) mass is 144 g/mol. The summed E-state index contributed by atoms with van der Waals surface area (Å²) in [7, 11) is 0. The van der Waals surface area contributed by atoms with Gasteiger partial charge in [-0.2, -0.15) is 0 Å². The molecule has 0 spiro atoms. The SMILES string of the molecule is C[C@@H]1CNCC(C(N)=O)O1. The van der Waals surface area contributed by atoms with Gasteiger partial charge in [-0.15, -0.1) is 0 Å². The minimum absolute atomic E-state index is 0.0891. The molecule has 3 N–H and O–H groups in total. The topological polar surface area (TPSA) is 64.3 Å². The standard InChI is InChI=1S/C6H12N2O2/c1-4-2-8-3-5(10-4)6(7)9/h4-5,8H,2-3H2,1H3,(H2,7,9)/t4-,5?/m1/s1. The number of morpholine rings is 1. The smallest absolute Gasteiger partial charge is 0.247 e. The third kappa shape index (κ3) is 1.68. The van der Waals surface area contributed by atoms with E-state index >= 15 is 0 Å². The van der Waals surface area contributed by atoms with Crippen LogP contribution < -0.4 is 11.1 Å². The van der Waals surface area contributed by atoms with Crippen molar-refractivity contribution < 1.29 is 9.53 Å². The van der Waals surface area contributed by atoms with Crippen molar-refractivity contribution in [2.24, 2.45) is 5.73 Å². The van der Waals surface area contributed by atoms with Crippen molar-refractivity contribution in [2.45, 2.75) is 19.1 Å². The van der Waals surface area contributed by atoms with E-state index in [-0.39, 0.29) is 12.0 Å². The van der Waals surface area contributed by atoms with Gasteiger partial charge >= 0.3 is 0 Å². The van der Waals surface area contributed by atoms with Gasteiger partial charge in [0.2, 0.25) is 5.91 Å². The van der Waals surface area contributed by atoms with Crippen LogP contribution in [0.15, 0.2) is 0 Å². The molecule has 0 bridgehead atoms. The van der Waals surface area contributed by atoms with E-state index in [4.69, 9.17) is 10.5 Å². The summed E-state index contributed by atoms with van der Waals surface area (Å²) >= 11 is 0. The zero-order chi connectivity index (χ0) is 7.56. The van der Waals surface area contributed by atoms with Crippen LogP contribution in [0.2, 0.25) is 0 Å². The van der Waals surface area contributed by atoms with Gasteiger partial charge in [-0.05, 0) is 6.92 Å². The molecule has 0 saturated carbocycles. The molecule has 4 nitrogen and oxygen atoms in total. The second-order valence-corrected chi connectivity index (χ2v) is 2.50. The molecule has 1 aliphatic heterocycles. The van der Waals surface area contributed by atoms with E-state index in [1.165, 1.54) is 0 Å². The summed E-state index contributed by atoms with van der Waals surface area (Å²) in [5.74, 6) is -0.390. The van der Waals surface area contributed by atoms with E-state index in [2.05, 4.69) is 5.32 Å². The number of amides is 1. The average molecular weight is 144 g/mol. The largest absolute Gasteiger partial charge is 0.367 e. The summed E-state index contributed by atoms with van der Waals surface area (Å²) in [6.07, 6.45) is -0.352. The molecular formula is C6H12N2O2. The van der Waals surface area contributed by atoms with Gasteiger partial charge in [-0.3, -0.25) is 4.79 Å². The fraction of sp³-hybridized carbons (Fsp3) is 0.833. The lowest BCUT2D eigenvalue weighted by molar-refractivity contribution is -0.135. The number of hydrogen-bond donors (Lipinski definition) is 2. The van der Waals surface area contributed by atoms with Gasteiger partial charge in [-0.1, -0.05) is 0 Å². The van der Waals surface area contributed by atoms with Crippen LogP contribution in [-0.2, 0) is 9.53 Å². The summed E-state index contributed by atoms with van der Waals surface area (Å²) in [6.45, 7) is 3.24. The number of nitrogens with one attached hydrogen (secondary N) is 1. The van der Waals surface area contributed by atoms with Crippen LogP contribution >= 0.6 is 0 Å². The van der Waals surface area contributed by atoms with Gasteiger partial charge in [0, 0.05) is 13.1 Å². The Hall–Kier alpha value is -0.610. The molecule has 10 heavy (non-hydrogen) atoms. The highest BCUT2D eigenvalue weighted by Crippen LogP contribution is 2.01. The Morgan fingerprint density at radius 1 is 1.70 bits per heavy atom. The second-order valence-electron chi connectivity index (χ2n) is 2.50. The van der Waals surface area contributed by atoms with E-state index in [9.17, 15) is 4.79 Å². The highest BCUT2D eigenvalue weighted by molar-refractivity contribution is 5.79. The molecule has 1 aliphatic rings. The third-order valence-electron chi connectivity index (χ3n) is 1.48. The lowest BCUT2D eigenvalue weighted by Gasteiger charge is -2.26. The van der Waals surface area contributed by atoms with Crippen molar-refractivity contribution in [3.63, 3.8) is 0 Å². The molecule has 58 valence electrons. The number of nitrogens with two attached hydrogens (primary N) is 1. The van der Waals surface area contributed by atoms with Crippen LogP contribution in [-0.4, -0.2) is 31.2 Å². The molecule has 0 aromatic heterocycles. The molecule has 0 aliphatic carbocycles. The molecule has 0 aromatic carbocycles. The first-order valence-electron chi connectivity index (χ1n) is 3.35. The van der Waals surface area contributed by atoms with Crippen LogP contribution in [0, 0.1) is 0 Å². The minimum atomic E-state index is -0.441. The first kappa shape index (κ1) is 7.50. The highest BCUT2D eigenvalue weighted by atomic mass is 16.5. The van der Waals surface area contributed by atoms with Crippen molar-refractivity contribution in [2.75, 3.05) is 13.1 Å². The van der Waals surface area contributed by atoms with Crippen molar-refractivity contribution in [3.8, 4) is 0 Å². The summed E-state index contributed by atoms with van der Waals surface area (Å²) in [5, 5.41) is 3.04. The van der Waals surface area contributed by atoms with Gasteiger partial charge in [-0.25, -0.2) is 0 Å². The molecule has 2 atom stereocenters. The first-order valence-corrected chi connectivity index (χ1v) is 3.35. The van der Waals surface area contributed by atoms with Gasteiger partial charge in [0.05, 0.1) is 6.10 Å². The Morgan fingerprint density at radius 2 is 2.40 bits per heavy atom. The van der Waals surface area contributed by atoms with Gasteiger partial charge in [0.25, 0.3) is 0 Å². The molecule has 1 rings (SSSR count). The Kier molecular flexibility index (Phi) is 2.24. The maximum Gasteiger partial charge on any atom is 0.247 e. The van der Waals surface area contributed by atoms with Crippen LogP contribution in [0.4, 0.5) is 0 Å². The molecule has 1 unspecified atom stereocenters. The zero-order valence-corrected chi connectivity index (χ0v) is 5.96. The van der Waals surface area contributed by atoms with E-state index in [1.54, 1.807) is 0 Å². The van der Waals surface area contributed by atoms with Gasteiger partial charge in [0.15, 0.2) is 0 Å². The fourth-order valence-electron chi connectivity index (χ4n) is 0.962. The maximum absolute atomic E-state index is 10.6. The van der Waals surface area contributed by atoms with E-state index in [0.717, 1.165) is 6.54 Å². The lowest BCUT2D eigenvalue weighted by atomic mass is 10.2. The molecule has 1 saturated heterocycles. The number of carbonyl (C=O) groups is 1. The molecule has 1 fully saturated rings. The van der Waals surface area contributed by atoms with Crippen molar-refractivity contribution in [1.82, 2.24) is 5.32 Å². The minimum Gasteiger partial charge on any atom is -0.367 e. The molecule has 0 aromatic rings. The molecule has 0 radical (unpaired) electrons. The molecule has 1 heterocycles. The number of primary amides is 1. The summed E-state index contributed by atoms with van der Waals surface area (Å²) in [6, 6.07) is 0. The van der Waals surface area contributed by atoms with Gasteiger partial charge in [0.1, 0.15) is 6.10 Å². The van der Waals surface area contributed by atoms with Crippen LogP contribution in [0.5, 0.6) is 0 Å². The predicted octanol–water partition coefficient (Wildman–Crippen LogP) is -1.15. The first-order chi connectivity index (χ1) is 4.70. The van der Waals surface area contributed by atoms with Crippen molar-refractivity contribution in [1.29, 1.82) is 0 Å². The lowest BCUT2D eigenvalue weighted by Crippen LogP contribution is -2.49. The summed E-state index contributed by atoms with van der Waals surface area (Å²) in [4.78, 5) is 10.6. The van der Waals surface area contributed by atoms with E-state index in [1.807, 2.05) is 6.92 Å². The van der Waals surface area contributed by atoms with E-state index < -0.39 is 6.10 Å². The number of carbonyl (C=O) groups excluding carboxylic acids is 1. The Balaban J connectivity index is 2.39. The van der Waals surface area contributed by atoms with Crippen LogP contribution in [0.3, 0.4) is 0 Å². The average Bonchev–Trinajstić information content (AvgIpc) is 1.88. The van der Waals surface area contributed by atoms with Gasteiger partial charge < -0.3 is 15.8 Å². The fourth-order valence-corrected chi connectivity index (χ4v) is 0.962. The third-order valence-corrected chi connectivity index (χ3v) is 1.48. The maximum atomic E-state index is 10.6. The normalized spacial score (nSPS) is 33.7. The van der Waals surface area contributed by atoms with E-state index in [0.29, 0.717) is 6.54 Å². The molecule has 4 heteroatoms. The number of hydrogen-bond acceptors (Lipinski definition) is 3. The predicted molar refractivity (Wildman–Crippen MR) is 36.4 cm³/mol. The molecule has 1 amide bonds. The number of ether oxygens (including phenoxy) is 1. The second kappa shape index (κ2) is 2.98. The zero-order valence-electron chi connectivity index (χ0n) is 5.96. The highest BCUT2D eigenvalue weighted by Gasteiger charge is 2.22. The Bertz CT molecular complexity index is 138. The molecular weight excluding hydrogens is 132 g/mol. The summed E-state index contributed by atoms with van der Waals surface area (Å²) < 4.78 is 5.21. The van der Waals surface area contributed by atoms with Crippen LogP contribution in [0.1, 0.15) is 6.92 Å². The Morgan fingerprint density at radius 3 is 2.80 bits per heavy atom. The van der Waals surface area contributed by atoms with Crippen molar-refractivity contribution in [3.05, 3.63) is 0 Å². The van der Waals surface area contributed by atoms with Crippen molar-refractivity contribution >= 4 is 5.91 Å².